The van der Waals surface area contributed by atoms with Crippen molar-refractivity contribution in [1.82, 2.24) is 14.0 Å². The maximum Gasteiger partial charge on any atom is 0.260 e. The summed E-state index contributed by atoms with van der Waals surface area (Å²) in [6.45, 7) is 34.9. The molecular weight excluding hydrogens is 948 g/mol. The van der Waals surface area contributed by atoms with Gasteiger partial charge in [-0.2, -0.15) is 0 Å². The van der Waals surface area contributed by atoms with Crippen molar-refractivity contribution >= 4 is 90.5 Å². The third-order valence-corrected chi connectivity index (χ3v) is 13.9. The molecule has 3 aliphatic heterocycles. The minimum absolute atomic E-state index is 0.00268. The average Bonchev–Trinajstić information content (AvgIpc) is 4.00. The lowest BCUT2D eigenvalue weighted by molar-refractivity contribution is -0.113. The molecule has 0 atom stereocenters. The molecular formula is C48H63I2N5O3. The number of nitrogens with zero attached hydrogens (tertiary/aromatic N) is 4. The Hall–Kier alpha value is -3.49. The summed E-state index contributed by atoms with van der Waals surface area (Å²) in [4.78, 5) is 39.0. The summed E-state index contributed by atoms with van der Waals surface area (Å²) in [7, 11) is 4.16. The van der Waals surface area contributed by atoms with Crippen molar-refractivity contribution in [2.45, 2.75) is 110 Å². The molecule has 0 radical (unpaired) electrons. The molecule has 0 spiro atoms. The van der Waals surface area contributed by atoms with Gasteiger partial charge in [0.2, 0.25) is 0 Å². The van der Waals surface area contributed by atoms with Crippen molar-refractivity contribution < 1.29 is 14.4 Å². The number of fused-ring (bicyclic) bond motifs is 2. The molecule has 0 saturated carbocycles. The Labute approximate surface area is 370 Å². The number of amides is 2. The molecule has 8 nitrogen and oxygen atoms in total. The van der Waals surface area contributed by atoms with Gasteiger partial charge in [-0.3, -0.25) is 19.4 Å². The fraction of sp³-hybridized carbons (Fsp3) is 0.438. The van der Waals surface area contributed by atoms with Gasteiger partial charge in [0, 0.05) is 85.2 Å². The molecule has 0 aliphatic carbocycles. The Balaban J connectivity index is 0.000000241. The van der Waals surface area contributed by atoms with Gasteiger partial charge >= 0.3 is 0 Å². The lowest BCUT2D eigenvalue weighted by atomic mass is 9.90. The van der Waals surface area contributed by atoms with Crippen molar-refractivity contribution in [2.24, 2.45) is 14.1 Å². The molecule has 7 rings (SSSR count). The van der Waals surface area contributed by atoms with Crippen LogP contribution in [0.5, 0.6) is 0 Å². The van der Waals surface area contributed by atoms with Crippen LogP contribution in [0.3, 0.4) is 0 Å². The molecule has 4 aromatic rings. The molecule has 1 fully saturated rings. The Morgan fingerprint density at radius 2 is 0.966 bits per heavy atom. The quantitative estimate of drug-likeness (QED) is 0.163. The number of nitrogens with one attached hydrogen (secondary N) is 1. The lowest BCUT2D eigenvalue weighted by Crippen LogP contribution is -2.38. The highest BCUT2D eigenvalue weighted by Gasteiger charge is 2.38. The van der Waals surface area contributed by atoms with Gasteiger partial charge in [-0.05, 0) is 202 Å². The van der Waals surface area contributed by atoms with Crippen LogP contribution in [-0.2, 0) is 28.5 Å². The standard InChI is InChI=1S/C26H35N3O.C21H26N2O.CH2O.I2/c1-15-16(2)20(6)25-24(19(15)5)22(13-23-18(4)17(3)21(7)27(23)8)26(30)29(25)14-28-11-9-10-12-28;1-10-11(2)15(6)20-19(14(10)5)17(21(24)22-20)9-18-13(4)12(3)16(7)23(18)8;2*1-2/h13H,9-12,14H2,1-8H3;9H,1-8H3,(H,22,24);1H2;. The number of aromatic nitrogens is 2. The van der Waals surface area contributed by atoms with Crippen molar-refractivity contribution in [3.8, 4) is 0 Å². The van der Waals surface area contributed by atoms with Gasteiger partial charge in [0.05, 0.1) is 29.2 Å². The van der Waals surface area contributed by atoms with E-state index in [0.717, 1.165) is 58.1 Å². The van der Waals surface area contributed by atoms with E-state index in [4.69, 9.17) is 4.79 Å². The van der Waals surface area contributed by atoms with Crippen LogP contribution in [0.2, 0.25) is 0 Å². The third kappa shape index (κ3) is 8.06. The number of carbonyl (C=O) groups excluding carboxylic acids is 3. The van der Waals surface area contributed by atoms with Gasteiger partial charge < -0.3 is 19.2 Å². The highest BCUT2D eigenvalue weighted by Crippen LogP contribution is 2.46. The predicted octanol–water partition coefficient (Wildman–Crippen LogP) is 11.4. The topological polar surface area (TPSA) is 79.6 Å². The van der Waals surface area contributed by atoms with Gasteiger partial charge in [0.15, 0.2) is 0 Å². The van der Waals surface area contributed by atoms with Crippen LogP contribution in [0, 0.1) is 96.9 Å². The summed E-state index contributed by atoms with van der Waals surface area (Å²) in [6, 6.07) is 0. The van der Waals surface area contributed by atoms with Crippen molar-refractivity contribution in [2.75, 3.05) is 30.0 Å². The summed E-state index contributed by atoms with van der Waals surface area (Å²) >= 11 is 4.24. The smallest absolute Gasteiger partial charge is 0.260 e. The number of halogens is 2. The van der Waals surface area contributed by atoms with Crippen molar-refractivity contribution in [3.05, 3.63) is 101 Å². The first-order chi connectivity index (χ1) is 27.3. The van der Waals surface area contributed by atoms with Gasteiger partial charge in [0.1, 0.15) is 6.79 Å². The molecule has 1 saturated heterocycles. The molecule has 5 heterocycles. The predicted molar refractivity (Wildman–Crippen MR) is 263 cm³/mol. The van der Waals surface area contributed by atoms with E-state index in [9.17, 15) is 9.59 Å². The second-order valence-electron chi connectivity index (χ2n) is 16.3. The molecule has 2 amide bonds. The van der Waals surface area contributed by atoms with E-state index in [1.54, 1.807) is 0 Å². The van der Waals surface area contributed by atoms with E-state index in [2.05, 4.69) is 180 Å². The third-order valence-electron chi connectivity index (χ3n) is 13.9. The lowest BCUT2D eigenvalue weighted by Gasteiger charge is -2.26. The molecule has 1 N–H and O–H groups in total. The average molecular weight is 1010 g/mol. The molecule has 312 valence electrons. The number of carbonyl (C=O) groups is 3. The van der Waals surface area contributed by atoms with E-state index in [-0.39, 0.29) is 11.8 Å². The molecule has 0 unspecified atom stereocenters. The summed E-state index contributed by atoms with van der Waals surface area (Å²) < 4.78 is 4.39. The fourth-order valence-electron chi connectivity index (χ4n) is 8.92. The van der Waals surface area contributed by atoms with Gasteiger partial charge in [-0.1, -0.05) is 0 Å². The normalized spacial score (nSPS) is 15.9. The van der Waals surface area contributed by atoms with Crippen molar-refractivity contribution in [1.29, 1.82) is 0 Å². The second-order valence-corrected chi connectivity index (χ2v) is 16.3. The van der Waals surface area contributed by atoms with Crippen LogP contribution in [0.1, 0.15) is 114 Å². The second kappa shape index (κ2) is 18.8. The summed E-state index contributed by atoms with van der Waals surface area (Å²) in [5, 5.41) is 3.09. The number of hydrogen-bond acceptors (Lipinski definition) is 4. The van der Waals surface area contributed by atoms with Gasteiger partial charge in [-0.25, -0.2) is 0 Å². The number of rotatable bonds is 4. The molecule has 10 heteroatoms. The Kier molecular flexibility index (Phi) is 15.3. The van der Waals surface area contributed by atoms with E-state index in [0.29, 0.717) is 6.67 Å². The SMILES string of the molecule is C=O.Cc1c(C)c(C)c2c(c1C)C(=Cc1c(C)c(C)c(C)n1C)C(=O)N2CN1CCCC1.Cc1c(C)c(C)c2c(c1C)NC(=O)C2=Cc1c(C)c(C)c(C)n1C.II. The molecule has 58 heavy (non-hydrogen) atoms. The maximum atomic E-state index is 13.8. The Morgan fingerprint density at radius 1 is 0.552 bits per heavy atom. The first-order valence-electron chi connectivity index (χ1n) is 20.0. The molecule has 3 aliphatic rings. The zero-order valence-corrected chi connectivity index (χ0v) is 42.0. The van der Waals surface area contributed by atoms with Crippen LogP contribution < -0.4 is 10.2 Å². The van der Waals surface area contributed by atoms with Crippen LogP contribution in [0.4, 0.5) is 11.4 Å². The highest BCUT2D eigenvalue weighted by atomic mass is 128. The first kappa shape index (κ1) is 47.2. The number of hydrogen-bond donors (Lipinski definition) is 1. The monoisotopic (exact) mass is 1010 g/mol. The van der Waals surface area contributed by atoms with Crippen LogP contribution in [-0.4, -0.2) is 52.4 Å². The van der Waals surface area contributed by atoms with Gasteiger partial charge in [-0.15, -0.1) is 0 Å². The van der Waals surface area contributed by atoms with E-state index >= 15 is 0 Å². The molecule has 2 aromatic heterocycles. The molecule has 0 bridgehead atoms. The first-order valence-corrected chi connectivity index (χ1v) is 26.3. The van der Waals surface area contributed by atoms with Crippen LogP contribution in [0.15, 0.2) is 0 Å². The highest BCUT2D eigenvalue weighted by molar-refractivity contribution is 15.0. The maximum absolute atomic E-state index is 13.8. The molecule has 2 aromatic carbocycles. The minimum atomic E-state index is -0.00268. The summed E-state index contributed by atoms with van der Waals surface area (Å²) in [5.74, 6) is 0.140. The largest absolute Gasteiger partial charge is 0.348 e. The van der Waals surface area contributed by atoms with Crippen LogP contribution >= 0.6 is 37.2 Å². The summed E-state index contributed by atoms with van der Waals surface area (Å²) in [6.07, 6.45) is 6.65. The Morgan fingerprint density at radius 3 is 1.41 bits per heavy atom. The number of benzene rings is 2. The van der Waals surface area contributed by atoms with Gasteiger partial charge in [0.25, 0.3) is 11.8 Å². The van der Waals surface area contributed by atoms with E-state index in [1.807, 2.05) is 11.7 Å². The van der Waals surface area contributed by atoms with E-state index < -0.39 is 0 Å². The Bertz CT molecular complexity index is 2320. The van der Waals surface area contributed by atoms with Crippen LogP contribution in [0.25, 0.3) is 23.3 Å². The van der Waals surface area contributed by atoms with E-state index in [1.165, 1.54) is 91.0 Å². The fourth-order valence-corrected chi connectivity index (χ4v) is 8.92. The number of likely N-dealkylation sites (tertiary alicyclic amines) is 1. The summed E-state index contributed by atoms with van der Waals surface area (Å²) in [5.41, 5.74) is 25.7. The number of anilines is 2. The minimum Gasteiger partial charge on any atom is -0.348 e. The zero-order chi connectivity index (χ0) is 43.8. The van der Waals surface area contributed by atoms with Crippen molar-refractivity contribution in [3.63, 3.8) is 0 Å². The zero-order valence-electron chi connectivity index (χ0n) is 37.7.